The normalized spacial score (nSPS) is 10.8. The summed E-state index contributed by atoms with van der Waals surface area (Å²) in [6.45, 7) is 11.1. The van der Waals surface area contributed by atoms with Gasteiger partial charge in [0.2, 0.25) is 8.32 Å². The van der Waals surface area contributed by atoms with Crippen molar-refractivity contribution in [2.75, 3.05) is 6.61 Å². The van der Waals surface area contributed by atoms with E-state index in [-0.39, 0.29) is 19.0 Å². The van der Waals surface area contributed by atoms with Gasteiger partial charge in [-0.3, -0.25) is 4.79 Å². The molecule has 0 aromatic heterocycles. The standard InChI is InChI=1S/C11H20O4Si/c1-9(2)11(13)14-8-6-7-10(12)15-16(3,4)5/h1,6-8H2,2-5H3. The Morgan fingerprint density at radius 1 is 1.25 bits per heavy atom. The van der Waals surface area contributed by atoms with Crippen LogP contribution in [0.25, 0.3) is 0 Å². The maximum absolute atomic E-state index is 11.3. The van der Waals surface area contributed by atoms with Crippen LogP contribution in [-0.4, -0.2) is 26.9 Å². The van der Waals surface area contributed by atoms with E-state index in [1.165, 1.54) is 0 Å². The van der Waals surface area contributed by atoms with Gasteiger partial charge in [0.05, 0.1) is 6.61 Å². The molecule has 0 rings (SSSR count). The van der Waals surface area contributed by atoms with Crippen molar-refractivity contribution in [3.8, 4) is 0 Å². The number of rotatable bonds is 6. The van der Waals surface area contributed by atoms with Crippen LogP contribution in [0.3, 0.4) is 0 Å². The van der Waals surface area contributed by atoms with Gasteiger partial charge in [-0.05, 0) is 33.0 Å². The van der Waals surface area contributed by atoms with Crippen LogP contribution in [0.4, 0.5) is 0 Å². The molecule has 0 radical (unpaired) electrons. The van der Waals surface area contributed by atoms with Crippen molar-refractivity contribution >= 4 is 20.3 Å². The zero-order chi connectivity index (χ0) is 12.8. The number of carbonyl (C=O) groups excluding carboxylic acids is 2. The Morgan fingerprint density at radius 3 is 2.25 bits per heavy atom. The lowest BCUT2D eigenvalue weighted by Gasteiger charge is -2.17. The van der Waals surface area contributed by atoms with Crippen LogP contribution in [-0.2, 0) is 18.8 Å². The van der Waals surface area contributed by atoms with Crippen molar-refractivity contribution in [1.82, 2.24) is 0 Å². The maximum atomic E-state index is 11.3. The highest BCUT2D eigenvalue weighted by molar-refractivity contribution is 6.71. The molecule has 0 bridgehead atoms. The van der Waals surface area contributed by atoms with E-state index in [9.17, 15) is 9.59 Å². The van der Waals surface area contributed by atoms with E-state index in [2.05, 4.69) is 6.58 Å². The van der Waals surface area contributed by atoms with Gasteiger partial charge in [-0.1, -0.05) is 6.58 Å². The lowest BCUT2D eigenvalue weighted by Crippen LogP contribution is -2.29. The predicted molar refractivity (Wildman–Crippen MR) is 64.4 cm³/mol. The van der Waals surface area contributed by atoms with Crippen LogP contribution >= 0.6 is 0 Å². The van der Waals surface area contributed by atoms with Gasteiger partial charge in [-0.15, -0.1) is 0 Å². The Morgan fingerprint density at radius 2 is 1.81 bits per heavy atom. The Hall–Kier alpha value is -1.10. The molecule has 92 valence electrons. The first kappa shape index (κ1) is 14.9. The maximum Gasteiger partial charge on any atom is 0.333 e. The molecule has 0 heterocycles. The summed E-state index contributed by atoms with van der Waals surface area (Å²) in [5.74, 6) is -0.635. The summed E-state index contributed by atoms with van der Waals surface area (Å²) in [6.07, 6.45) is 0.774. The summed E-state index contributed by atoms with van der Waals surface area (Å²) in [6, 6.07) is 0. The molecule has 0 N–H and O–H groups in total. The van der Waals surface area contributed by atoms with Crippen LogP contribution in [0.2, 0.25) is 19.6 Å². The van der Waals surface area contributed by atoms with Crippen LogP contribution in [0.5, 0.6) is 0 Å². The van der Waals surface area contributed by atoms with Gasteiger partial charge in [0.25, 0.3) is 5.97 Å². The van der Waals surface area contributed by atoms with Gasteiger partial charge in [0.1, 0.15) is 0 Å². The highest BCUT2D eigenvalue weighted by Gasteiger charge is 2.19. The number of hydrogen-bond donors (Lipinski definition) is 0. The van der Waals surface area contributed by atoms with Crippen molar-refractivity contribution in [2.45, 2.75) is 39.4 Å². The summed E-state index contributed by atoms with van der Waals surface area (Å²) < 4.78 is 10.1. The molecule has 0 atom stereocenters. The average molecular weight is 244 g/mol. The molecular formula is C11H20O4Si. The zero-order valence-electron chi connectivity index (χ0n) is 10.5. The Balaban J connectivity index is 3.64. The fourth-order valence-corrected chi connectivity index (χ4v) is 1.68. The van der Waals surface area contributed by atoms with Crippen molar-refractivity contribution in [3.05, 3.63) is 12.2 Å². The van der Waals surface area contributed by atoms with E-state index >= 15 is 0 Å². The third kappa shape index (κ3) is 8.23. The summed E-state index contributed by atoms with van der Waals surface area (Å²) in [5.41, 5.74) is 0.365. The van der Waals surface area contributed by atoms with Crippen molar-refractivity contribution < 1.29 is 18.8 Å². The molecule has 0 aromatic carbocycles. The van der Waals surface area contributed by atoms with Crippen LogP contribution in [0, 0.1) is 0 Å². The zero-order valence-corrected chi connectivity index (χ0v) is 11.5. The molecule has 0 saturated carbocycles. The van der Waals surface area contributed by atoms with E-state index in [0.717, 1.165) is 0 Å². The molecule has 0 aromatic rings. The molecule has 0 amide bonds. The van der Waals surface area contributed by atoms with Gasteiger partial charge < -0.3 is 9.16 Å². The lowest BCUT2D eigenvalue weighted by molar-refractivity contribution is -0.141. The Labute approximate surface area is 97.8 Å². The smallest absolute Gasteiger partial charge is 0.333 e. The molecule has 0 aliphatic rings. The highest BCUT2D eigenvalue weighted by Crippen LogP contribution is 2.06. The molecule has 0 fully saturated rings. The van der Waals surface area contributed by atoms with Gasteiger partial charge in [0.15, 0.2) is 0 Å². The summed E-state index contributed by atoms with van der Waals surface area (Å²) >= 11 is 0. The number of hydrogen-bond acceptors (Lipinski definition) is 4. The van der Waals surface area contributed by atoms with Crippen molar-refractivity contribution in [1.29, 1.82) is 0 Å². The molecule has 0 aliphatic carbocycles. The molecule has 0 unspecified atom stereocenters. The summed E-state index contributed by atoms with van der Waals surface area (Å²) in [7, 11) is -1.79. The number of ether oxygens (including phenoxy) is 1. The molecule has 0 spiro atoms. The first-order chi connectivity index (χ1) is 7.22. The van der Waals surface area contributed by atoms with Crippen LogP contribution < -0.4 is 0 Å². The fourth-order valence-electron chi connectivity index (χ4n) is 0.897. The van der Waals surface area contributed by atoms with Gasteiger partial charge in [-0.25, -0.2) is 4.79 Å². The molecule has 16 heavy (non-hydrogen) atoms. The third-order valence-electron chi connectivity index (χ3n) is 1.53. The van der Waals surface area contributed by atoms with Crippen molar-refractivity contribution in [2.24, 2.45) is 0 Å². The van der Waals surface area contributed by atoms with Gasteiger partial charge in [-0.2, -0.15) is 0 Å². The number of carbonyl (C=O) groups is 2. The average Bonchev–Trinajstić information content (AvgIpc) is 2.08. The SMILES string of the molecule is C=C(C)C(=O)OCCCC(=O)O[Si](C)(C)C. The number of esters is 1. The molecule has 0 aliphatic heterocycles. The van der Waals surface area contributed by atoms with Gasteiger partial charge in [0, 0.05) is 12.0 Å². The fraction of sp³-hybridized carbons (Fsp3) is 0.636. The first-order valence-corrected chi connectivity index (χ1v) is 8.67. The minimum atomic E-state index is -1.79. The van der Waals surface area contributed by atoms with E-state index < -0.39 is 14.3 Å². The second kappa shape index (κ2) is 6.47. The second-order valence-corrected chi connectivity index (χ2v) is 9.04. The van der Waals surface area contributed by atoms with E-state index in [1.54, 1.807) is 6.92 Å². The topological polar surface area (TPSA) is 52.6 Å². The third-order valence-corrected chi connectivity index (χ3v) is 2.37. The molecule has 0 saturated heterocycles. The monoisotopic (exact) mass is 244 g/mol. The lowest BCUT2D eigenvalue weighted by atomic mass is 10.3. The molecule has 4 nitrogen and oxygen atoms in total. The van der Waals surface area contributed by atoms with E-state index in [1.807, 2.05) is 19.6 Å². The van der Waals surface area contributed by atoms with Gasteiger partial charge >= 0.3 is 5.97 Å². The van der Waals surface area contributed by atoms with E-state index in [4.69, 9.17) is 9.16 Å². The van der Waals surface area contributed by atoms with E-state index in [0.29, 0.717) is 12.0 Å². The summed E-state index contributed by atoms with van der Waals surface area (Å²) in [4.78, 5) is 22.3. The second-order valence-electron chi connectivity index (χ2n) is 4.61. The predicted octanol–water partition coefficient (Wildman–Crippen LogP) is 2.26. The Kier molecular flexibility index (Phi) is 6.03. The quantitative estimate of drug-likeness (QED) is 0.311. The van der Waals surface area contributed by atoms with Crippen LogP contribution in [0.1, 0.15) is 19.8 Å². The Bertz CT molecular complexity index is 278. The molecule has 5 heteroatoms. The van der Waals surface area contributed by atoms with Crippen LogP contribution in [0.15, 0.2) is 12.2 Å². The molecular weight excluding hydrogens is 224 g/mol. The minimum absolute atomic E-state index is 0.217. The van der Waals surface area contributed by atoms with Crippen molar-refractivity contribution in [3.63, 3.8) is 0 Å². The summed E-state index contributed by atoms with van der Waals surface area (Å²) in [5, 5.41) is 0. The first-order valence-electron chi connectivity index (χ1n) is 5.27. The highest BCUT2D eigenvalue weighted by atomic mass is 28.4. The largest absolute Gasteiger partial charge is 0.520 e. The minimum Gasteiger partial charge on any atom is -0.520 e.